The molecular weight excluding hydrogens is 639 g/mol. The summed E-state index contributed by atoms with van der Waals surface area (Å²) in [6.07, 6.45) is 2.05. The number of rotatable bonds is 13. The summed E-state index contributed by atoms with van der Waals surface area (Å²) in [5.74, 6) is -1.89. The topological polar surface area (TPSA) is 113 Å². The van der Waals surface area contributed by atoms with Gasteiger partial charge in [0.05, 0.1) is 25.6 Å². The Bertz CT molecular complexity index is 1510. The second-order valence-corrected chi connectivity index (χ2v) is 12.9. The lowest BCUT2D eigenvalue weighted by molar-refractivity contribution is -0.147. The van der Waals surface area contributed by atoms with Gasteiger partial charge in [-0.05, 0) is 54.5 Å². The van der Waals surface area contributed by atoms with Crippen LogP contribution in [0.1, 0.15) is 48.3 Å². The van der Waals surface area contributed by atoms with Gasteiger partial charge in [0.15, 0.2) is 0 Å². The molecule has 0 spiro atoms. The van der Waals surface area contributed by atoms with Gasteiger partial charge in [-0.25, -0.2) is 0 Å². The standard InChI is InChI=1S/C36H40Cl2N4O5/c37-28-14-13-27(31(38)20-28)15-17-40-24-35(45)42(18-16-30(25-8-3-1-4-9-25)26-10-5-2-6-11-26)32(21-34(40)44)36(46)41(23-33(39)43)22-29-12-7-19-47-29/h1-6,8-11,13-14,20,29-30,32H,7,12,15-19,21-24H2,(H2,39,43). The van der Waals surface area contributed by atoms with Crippen LogP contribution in [0.4, 0.5) is 0 Å². The normalized spacial score (nSPS) is 18.4. The van der Waals surface area contributed by atoms with Crippen molar-refractivity contribution in [2.45, 2.75) is 50.2 Å². The minimum atomic E-state index is -1.10. The number of nitrogens with zero attached hydrogens (tertiary/aromatic N) is 3. The predicted molar refractivity (Wildman–Crippen MR) is 181 cm³/mol. The van der Waals surface area contributed by atoms with E-state index in [1.807, 2.05) is 60.7 Å². The van der Waals surface area contributed by atoms with E-state index in [1.54, 1.807) is 18.2 Å². The first-order chi connectivity index (χ1) is 22.7. The first-order valence-corrected chi connectivity index (χ1v) is 16.7. The molecule has 2 saturated heterocycles. The molecule has 0 radical (unpaired) electrons. The summed E-state index contributed by atoms with van der Waals surface area (Å²) in [6, 6.07) is 24.1. The number of hydrogen-bond donors (Lipinski definition) is 1. The van der Waals surface area contributed by atoms with E-state index in [4.69, 9.17) is 33.7 Å². The Balaban J connectivity index is 1.43. The Labute approximate surface area is 285 Å². The highest BCUT2D eigenvalue weighted by molar-refractivity contribution is 6.35. The van der Waals surface area contributed by atoms with E-state index in [9.17, 15) is 19.2 Å². The molecule has 5 rings (SSSR count). The fraction of sp³-hybridized carbons (Fsp3) is 0.389. The number of nitrogens with two attached hydrogens (primary N) is 1. The maximum absolute atomic E-state index is 14.3. The molecule has 9 nitrogen and oxygen atoms in total. The molecule has 3 aromatic rings. The zero-order chi connectivity index (χ0) is 33.3. The maximum Gasteiger partial charge on any atom is 0.246 e. The van der Waals surface area contributed by atoms with Gasteiger partial charge in [-0.3, -0.25) is 19.2 Å². The molecule has 248 valence electrons. The number of ether oxygens (including phenoxy) is 1. The summed E-state index contributed by atoms with van der Waals surface area (Å²) in [6.45, 7) is 0.667. The van der Waals surface area contributed by atoms with E-state index in [1.165, 1.54) is 14.7 Å². The van der Waals surface area contributed by atoms with Crippen molar-refractivity contribution < 1.29 is 23.9 Å². The number of carbonyl (C=O) groups excluding carboxylic acids is 4. The average Bonchev–Trinajstić information content (AvgIpc) is 3.54. The maximum atomic E-state index is 14.3. The molecule has 0 aromatic heterocycles. The predicted octanol–water partition coefficient (Wildman–Crippen LogP) is 4.68. The Morgan fingerprint density at radius 2 is 1.62 bits per heavy atom. The summed E-state index contributed by atoms with van der Waals surface area (Å²) in [7, 11) is 0. The van der Waals surface area contributed by atoms with Crippen molar-refractivity contribution >= 4 is 46.8 Å². The number of carbonyl (C=O) groups is 4. The average molecular weight is 680 g/mol. The third-order valence-corrected chi connectivity index (χ3v) is 9.45. The van der Waals surface area contributed by atoms with Gasteiger partial charge in [-0.2, -0.15) is 0 Å². The second-order valence-electron chi connectivity index (χ2n) is 12.1. The first-order valence-electron chi connectivity index (χ1n) is 16.0. The van der Waals surface area contributed by atoms with Gasteiger partial charge in [0.2, 0.25) is 23.6 Å². The van der Waals surface area contributed by atoms with Crippen LogP contribution in [-0.4, -0.2) is 89.8 Å². The van der Waals surface area contributed by atoms with Gasteiger partial charge in [0.1, 0.15) is 6.04 Å². The van der Waals surface area contributed by atoms with E-state index in [2.05, 4.69) is 0 Å². The van der Waals surface area contributed by atoms with Gasteiger partial charge in [0, 0.05) is 42.2 Å². The zero-order valence-corrected chi connectivity index (χ0v) is 27.7. The molecule has 2 unspecified atom stereocenters. The smallest absolute Gasteiger partial charge is 0.246 e. The molecular formula is C36H40Cl2N4O5. The molecule has 0 bridgehead atoms. The minimum absolute atomic E-state index is 0.0586. The van der Waals surface area contributed by atoms with Crippen LogP contribution in [0, 0.1) is 0 Å². The van der Waals surface area contributed by atoms with Crippen LogP contribution < -0.4 is 5.73 Å². The van der Waals surface area contributed by atoms with E-state index in [0.29, 0.717) is 29.5 Å². The molecule has 11 heteroatoms. The second kappa shape index (κ2) is 16.3. The van der Waals surface area contributed by atoms with Gasteiger partial charge >= 0.3 is 0 Å². The lowest BCUT2D eigenvalue weighted by Crippen LogP contribution is -2.54. The van der Waals surface area contributed by atoms with Crippen LogP contribution in [0.15, 0.2) is 78.9 Å². The number of primary amides is 1. The van der Waals surface area contributed by atoms with E-state index in [-0.39, 0.29) is 63.0 Å². The lowest BCUT2D eigenvalue weighted by atomic mass is 9.88. The van der Waals surface area contributed by atoms with E-state index in [0.717, 1.165) is 29.5 Å². The molecule has 0 aliphatic carbocycles. The molecule has 2 atom stereocenters. The third kappa shape index (κ3) is 9.12. The first kappa shape index (κ1) is 34.4. The van der Waals surface area contributed by atoms with Crippen molar-refractivity contribution in [1.82, 2.24) is 14.7 Å². The van der Waals surface area contributed by atoms with E-state index >= 15 is 0 Å². The number of amides is 4. The molecule has 47 heavy (non-hydrogen) atoms. The highest BCUT2D eigenvalue weighted by Crippen LogP contribution is 2.30. The largest absolute Gasteiger partial charge is 0.376 e. The van der Waals surface area contributed by atoms with Crippen LogP contribution >= 0.6 is 23.2 Å². The van der Waals surface area contributed by atoms with Crippen molar-refractivity contribution in [2.24, 2.45) is 5.73 Å². The Morgan fingerprint density at radius 1 is 0.936 bits per heavy atom. The van der Waals surface area contributed by atoms with Crippen molar-refractivity contribution in [3.05, 3.63) is 106 Å². The highest BCUT2D eigenvalue weighted by Gasteiger charge is 2.40. The van der Waals surface area contributed by atoms with Gasteiger partial charge in [-0.15, -0.1) is 0 Å². The molecule has 2 aliphatic heterocycles. The molecule has 2 heterocycles. The number of hydrogen-bond acceptors (Lipinski definition) is 5. The SMILES string of the molecule is NC(=O)CN(CC1CCCO1)C(=O)C1CC(=O)N(CCc2ccc(Cl)cc2Cl)CC(=O)N1CCC(c1ccccc1)c1ccccc1. The lowest BCUT2D eigenvalue weighted by Gasteiger charge is -2.34. The molecule has 0 saturated carbocycles. The molecule has 2 fully saturated rings. The van der Waals surface area contributed by atoms with Crippen molar-refractivity contribution in [3.8, 4) is 0 Å². The summed E-state index contributed by atoms with van der Waals surface area (Å²) < 4.78 is 5.76. The van der Waals surface area contributed by atoms with Crippen LogP contribution in [0.3, 0.4) is 0 Å². The van der Waals surface area contributed by atoms with Gasteiger partial charge < -0.3 is 25.2 Å². The summed E-state index contributed by atoms with van der Waals surface area (Å²) in [5, 5.41) is 0.981. The van der Waals surface area contributed by atoms with Gasteiger partial charge in [-0.1, -0.05) is 89.9 Å². The van der Waals surface area contributed by atoms with Crippen molar-refractivity contribution in [1.29, 1.82) is 0 Å². The zero-order valence-electron chi connectivity index (χ0n) is 26.2. The quantitative estimate of drug-likeness (QED) is 0.282. The summed E-state index contributed by atoms with van der Waals surface area (Å²) in [5.41, 5.74) is 8.52. The minimum Gasteiger partial charge on any atom is -0.376 e. The van der Waals surface area contributed by atoms with E-state index < -0.39 is 17.9 Å². The fourth-order valence-corrected chi connectivity index (χ4v) is 6.94. The van der Waals surface area contributed by atoms with Crippen molar-refractivity contribution in [3.63, 3.8) is 0 Å². The van der Waals surface area contributed by atoms with Gasteiger partial charge in [0.25, 0.3) is 0 Å². The summed E-state index contributed by atoms with van der Waals surface area (Å²) >= 11 is 12.4. The van der Waals surface area contributed by atoms with Crippen molar-refractivity contribution in [2.75, 3.05) is 39.3 Å². The highest BCUT2D eigenvalue weighted by atomic mass is 35.5. The third-order valence-electron chi connectivity index (χ3n) is 8.86. The molecule has 2 aliphatic rings. The fourth-order valence-electron chi connectivity index (χ4n) is 6.44. The van der Waals surface area contributed by atoms with Crippen LogP contribution in [0.2, 0.25) is 10.0 Å². The van der Waals surface area contributed by atoms with Crippen LogP contribution in [-0.2, 0) is 30.3 Å². The molecule has 4 amide bonds. The van der Waals surface area contributed by atoms with Crippen LogP contribution in [0.5, 0.6) is 0 Å². The number of halogens is 2. The Kier molecular flexibility index (Phi) is 11.9. The monoisotopic (exact) mass is 678 g/mol. The van der Waals surface area contributed by atoms with Crippen LogP contribution in [0.25, 0.3) is 0 Å². The Hall–Kier alpha value is -3.92. The molecule has 2 N–H and O–H groups in total. The molecule has 3 aromatic carbocycles. The number of benzene rings is 3. The Morgan fingerprint density at radius 3 is 2.21 bits per heavy atom. The summed E-state index contributed by atoms with van der Waals surface area (Å²) in [4.78, 5) is 58.6.